The van der Waals surface area contributed by atoms with Gasteiger partial charge in [-0.05, 0) is 5.56 Å². The summed E-state index contributed by atoms with van der Waals surface area (Å²) in [4.78, 5) is 36.2. The number of nitrogens with zero attached hydrogens (tertiary/aromatic N) is 2. The number of benzene rings is 1. The van der Waals surface area contributed by atoms with Crippen LogP contribution in [0.5, 0.6) is 0 Å². The second kappa shape index (κ2) is 9.37. The van der Waals surface area contributed by atoms with Crippen molar-refractivity contribution >= 4 is 17.7 Å². The highest BCUT2D eigenvalue weighted by Crippen LogP contribution is 2.22. The van der Waals surface area contributed by atoms with Gasteiger partial charge < -0.3 is 16.0 Å². The molecular weight excluding hydrogens is 410 g/mol. The number of alkyl halides is 3. The molecule has 1 heterocycles. The number of aromatic nitrogens is 2. The molecule has 8 nitrogen and oxygen atoms in total. The molecule has 2 atom stereocenters. The van der Waals surface area contributed by atoms with Gasteiger partial charge in [0.1, 0.15) is 11.6 Å². The van der Waals surface area contributed by atoms with E-state index in [2.05, 4.69) is 15.7 Å². The van der Waals surface area contributed by atoms with E-state index in [0.717, 1.165) is 10.9 Å². The van der Waals surface area contributed by atoms with Gasteiger partial charge in [-0.3, -0.25) is 19.1 Å². The molecule has 0 radical (unpaired) electrons. The highest BCUT2D eigenvalue weighted by Gasteiger charge is 2.40. The molecule has 1 aromatic carbocycles. The minimum Gasteiger partial charge on any atom is -0.357 e. The Morgan fingerprint density at radius 2 is 1.80 bits per heavy atom. The van der Waals surface area contributed by atoms with E-state index < -0.39 is 53.9 Å². The summed E-state index contributed by atoms with van der Waals surface area (Å²) in [5.74, 6) is -6.09. The van der Waals surface area contributed by atoms with Gasteiger partial charge in [0.15, 0.2) is 0 Å². The molecule has 0 saturated carbocycles. The average molecular weight is 429 g/mol. The predicted molar refractivity (Wildman–Crippen MR) is 96.7 cm³/mol. The molecule has 0 bridgehead atoms. The third-order valence-electron chi connectivity index (χ3n) is 4.21. The molecule has 162 valence electrons. The average Bonchev–Trinajstić information content (AvgIpc) is 3.04. The number of hydrogen-bond acceptors (Lipinski definition) is 4. The fourth-order valence-electron chi connectivity index (χ4n) is 2.77. The normalized spacial score (nSPS) is 13.3. The van der Waals surface area contributed by atoms with Crippen molar-refractivity contribution < 1.29 is 31.9 Å². The lowest BCUT2D eigenvalue weighted by Gasteiger charge is -2.27. The second-order valence-corrected chi connectivity index (χ2v) is 6.30. The van der Waals surface area contributed by atoms with Crippen LogP contribution in [0.3, 0.4) is 0 Å². The topological polar surface area (TPSA) is 105 Å². The number of carbonyl (C=O) groups is 3. The van der Waals surface area contributed by atoms with Gasteiger partial charge in [0.2, 0.25) is 11.9 Å². The zero-order valence-corrected chi connectivity index (χ0v) is 16.0. The Kier molecular flexibility index (Phi) is 7.14. The minimum absolute atomic E-state index is 0.375. The van der Waals surface area contributed by atoms with Crippen LogP contribution in [0, 0.1) is 5.95 Å². The standard InChI is InChI=1S/C18H19F4N5O3/c1-23-16(29)13(25-15(28)12-9-27(2)26-14(12)19)11(10-6-4-3-5-7-10)8-24-17(30)18(20,21)22/h3-7,9,11,13H,8H2,1-2H3,(H,23,29)(H,24,30)(H,25,28)/t11-,13?/m1/s1. The van der Waals surface area contributed by atoms with Gasteiger partial charge in [0, 0.05) is 32.8 Å². The molecule has 1 aromatic heterocycles. The molecule has 0 aliphatic heterocycles. The van der Waals surface area contributed by atoms with Gasteiger partial charge in [-0.2, -0.15) is 17.6 Å². The van der Waals surface area contributed by atoms with E-state index in [1.54, 1.807) is 23.5 Å². The molecule has 30 heavy (non-hydrogen) atoms. The van der Waals surface area contributed by atoms with Crippen LogP contribution in [0.25, 0.3) is 0 Å². The minimum atomic E-state index is -5.12. The first kappa shape index (κ1) is 22.8. The molecule has 2 rings (SSSR count). The molecule has 12 heteroatoms. The first-order valence-corrected chi connectivity index (χ1v) is 8.66. The van der Waals surface area contributed by atoms with E-state index >= 15 is 0 Å². The van der Waals surface area contributed by atoms with Crippen molar-refractivity contribution in [1.29, 1.82) is 0 Å². The van der Waals surface area contributed by atoms with E-state index in [-0.39, 0.29) is 0 Å². The molecule has 0 saturated heterocycles. The number of halogens is 4. The molecule has 1 unspecified atom stereocenters. The largest absolute Gasteiger partial charge is 0.471 e. The Morgan fingerprint density at radius 1 is 1.17 bits per heavy atom. The molecule has 3 amide bonds. The number of carbonyl (C=O) groups excluding carboxylic acids is 3. The van der Waals surface area contributed by atoms with Gasteiger partial charge in [0.25, 0.3) is 5.91 Å². The zero-order chi connectivity index (χ0) is 22.5. The number of aryl methyl sites for hydroxylation is 1. The van der Waals surface area contributed by atoms with E-state index in [4.69, 9.17) is 0 Å². The first-order chi connectivity index (χ1) is 14.0. The molecule has 2 aromatic rings. The maximum atomic E-state index is 13.8. The maximum Gasteiger partial charge on any atom is 0.471 e. The van der Waals surface area contributed by atoms with E-state index in [0.29, 0.717) is 5.56 Å². The van der Waals surface area contributed by atoms with Crippen molar-refractivity contribution in [3.8, 4) is 0 Å². The zero-order valence-electron chi connectivity index (χ0n) is 16.0. The lowest BCUT2D eigenvalue weighted by Crippen LogP contribution is -2.52. The fraction of sp³-hybridized carbons (Fsp3) is 0.333. The number of hydrogen-bond donors (Lipinski definition) is 3. The van der Waals surface area contributed by atoms with Gasteiger partial charge in [0.05, 0.1) is 0 Å². The Bertz CT molecular complexity index is 914. The van der Waals surface area contributed by atoms with Crippen LogP contribution in [0.2, 0.25) is 0 Å². The highest BCUT2D eigenvalue weighted by molar-refractivity contribution is 5.97. The molecule has 0 fully saturated rings. The van der Waals surface area contributed by atoms with E-state index in [9.17, 15) is 31.9 Å². The predicted octanol–water partition coefficient (Wildman–Crippen LogP) is 0.866. The summed E-state index contributed by atoms with van der Waals surface area (Å²) in [6.07, 6.45) is -4.03. The van der Waals surface area contributed by atoms with E-state index in [1.807, 2.05) is 0 Å². The third kappa shape index (κ3) is 5.55. The van der Waals surface area contributed by atoms with Crippen LogP contribution in [-0.4, -0.2) is 53.3 Å². The quantitative estimate of drug-likeness (QED) is 0.568. The maximum absolute atomic E-state index is 13.8. The Hall–Kier alpha value is -3.44. The summed E-state index contributed by atoms with van der Waals surface area (Å²) < 4.78 is 52.7. The lowest BCUT2D eigenvalue weighted by atomic mass is 9.90. The van der Waals surface area contributed by atoms with Crippen LogP contribution in [0.4, 0.5) is 17.6 Å². The van der Waals surface area contributed by atoms with Gasteiger partial charge in [-0.1, -0.05) is 30.3 Å². The van der Waals surface area contributed by atoms with Crippen molar-refractivity contribution in [2.24, 2.45) is 7.05 Å². The summed E-state index contributed by atoms with van der Waals surface area (Å²) in [6, 6.07) is 6.44. The van der Waals surface area contributed by atoms with Crippen LogP contribution in [0.15, 0.2) is 36.5 Å². The van der Waals surface area contributed by atoms with Crippen molar-refractivity contribution in [2.45, 2.75) is 18.1 Å². The fourth-order valence-corrected chi connectivity index (χ4v) is 2.77. The summed E-state index contributed by atoms with van der Waals surface area (Å²) in [5.41, 5.74) is -0.0712. The number of rotatable bonds is 7. The van der Waals surface area contributed by atoms with Gasteiger partial charge >= 0.3 is 12.1 Å². The monoisotopic (exact) mass is 429 g/mol. The summed E-state index contributed by atoms with van der Waals surface area (Å²) in [6.45, 7) is -0.615. The van der Waals surface area contributed by atoms with Crippen molar-refractivity contribution in [3.63, 3.8) is 0 Å². The second-order valence-electron chi connectivity index (χ2n) is 6.30. The van der Waals surface area contributed by atoms with Crippen molar-refractivity contribution in [3.05, 3.63) is 53.6 Å². The third-order valence-corrected chi connectivity index (χ3v) is 4.21. The Morgan fingerprint density at radius 3 is 2.30 bits per heavy atom. The van der Waals surface area contributed by atoms with Crippen molar-refractivity contribution in [1.82, 2.24) is 25.7 Å². The van der Waals surface area contributed by atoms with Crippen LogP contribution in [0.1, 0.15) is 21.8 Å². The smallest absolute Gasteiger partial charge is 0.357 e. The highest BCUT2D eigenvalue weighted by atomic mass is 19.4. The Balaban J connectivity index is 2.35. The summed E-state index contributed by atoms with van der Waals surface area (Å²) >= 11 is 0. The number of amides is 3. The van der Waals surface area contributed by atoms with E-state index in [1.165, 1.54) is 26.2 Å². The van der Waals surface area contributed by atoms with Crippen LogP contribution in [-0.2, 0) is 16.6 Å². The molecule has 3 N–H and O–H groups in total. The van der Waals surface area contributed by atoms with Crippen LogP contribution < -0.4 is 16.0 Å². The van der Waals surface area contributed by atoms with Gasteiger partial charge in [-0.15, -0.1) is 5.10 Å². The number of nitrogens with one attached hydrogen (secondary N) is 3. The lowest BCUT2D eigenvalue weighted by molar-refractivity contribution is -0.173. The first-order valence-electron chi connectivity index (χ1n) is 8.66. The SMILES string of the molecule is CNC(=O)C(NC(=O)c1cn(C)nc1F)[C@H](CNC(=O)C(F)(F)F)c1ccccc1. The van der Waals surface area contributed by atoms with Crippen LogP contribution >= 0.6 is 0 Å². The number of likely N-dealkylation sites (N-methyl/N-ethyl adjacent to an activating group) is 1. The van der Waals surface area contributed by atoms with Crippen molar-refractivity contribution in [2.75, 3.05) is 13.6 Å². The molecule has 0 aliphatic rings. The summed E-state index contributed by atoms with van der Waals surface area (Å²) in [5, 5.41) is 9.75. The van der Waals surface area contributed by atoms with Gasteiger partial charge in [-0.25, -0.2) is 0 Å². The Labute approximate surface area is 168 Å². The molecule has 0 spiro atoms. The summed E-state index contributed by atoms with van der Waals surface area (Å²) in [7, 11) is 2.65. The molecule has 0 aliphatic carbocycles. The molecular formula is C18H19F4N5O3.